The number of hydrogen-bond donors (Lipinski definition) is 1. The molecule has 154 valence electrons. The van der Waals surface area contributed by atoms with E-state index < -0.39 is 58.3 Å². The van der Waals surface area contributed by atoms with Crippen molar-refractivity contribution in [3.8, 4) is 0 Å². The van der Waals surface area contributed by atoms with Crippen LogP contribution in [0.2, 0.25) is 0 Å². The van der Waals surface area contributed by atoms with Gasteiger partial charge in [-0.25, -0.2) is 0 Å². The Labute approximate surface area is 174 Å². The normalized spacial score (nSPS) is 28.0. The van der Waals surface area contributed by atoms with Crippen LogP contribution in [0.5, 0.6) is 0 Å². The van der Waals surface area contributed by atoms with Gasteiger partial charge in [0.1, 0.15) is 6.10 Å². The highest BCUT2D eigenvalue weighted by atomic mass is 35.6. The van der Waals surface area contributed by atoms with Gasteiger partial charge in [-0.3, -0.25) is 19.8 Å². The van der Waals surface area contributed by atoms with Gasteiger partial charge in [-0.2, -0.15) is 0 Å². The van der Waals surface area contributed by atoms with Crippen LogP contribution in [0.15, 0.2) is 0 Å². The predicted molar refractivity (Wildman–Crippen MR) is 95.1 cm³/mol. The summed E-state index contributed by atoms with van der Waals surface area (Å²) in [6, 6.07) is 0. The Bertz CT molecular complexity index is 596. The molecule has 1 fully saturated rings. The molecule has 1 aliphatic rings. The second kappa shape index (κ2) is 9.97. The van der Waals surface area contributed by atoms with E-state index in [9.17, 15) is 14.4 Å². The average molecular weight is 469 g/mol. The number of carbonyl (C=O) groups is 3. The van der Waals surface area contributed by atoms with Gasteiger partial charge in [-0.15, -0.1) is 11.6 Å². The van der Waals surface area contributed by atoms with Crippen LogP contribution >= 0.6 is 46.4 Å². The molecule has 0 radical (unpaired) electrons. The Morgan fingerprint density at radius 3 is 1.74 bits per heavy atom. The lowest BCUT2D eigenvalue weighted by Crippen LogP contribution is -2.62. The van der Waals surface area contributed by atoms with Gasteiger partial charge in [-0.1, -0.05) is 34.8 Å². The number of hydrogen-bond acceptors (Lipinski definition) is 9. The summed E-state index contributed by atoms with van der Waals surface area (Å²) in [6.07, 6.45) is -6.57. The number of esters is 3. The number of halogens is 4. The first-order valence-corrected chi connectivity index (χ1v) is 9.09. The molecule has 1 unspecified atom stereocenters. The van der Waals surface area contributed by atoms with E-state index in [0.717, 1.165) is 20.8 Å². The van der Waals surface area contributed by atoms with Crippen molar-refractivity contribution in [2.24, 2.45) is 0 Å². The zero-order valence-electron chi connectivity index (χ0n) is 14.4. The lowest BCUT2D eigenvalue weighted by Gasteiger charge is -2.43. The molecule has 5 atom stereocenters. The Hall–Kier alpha value is -1.00. The van der Waals surface area contributed by atoms with Gasteiger partial charge in [0.05, 0.1) is 5.88 Å². The van der Waals surface area contributed by atoms with Gasteiger partial charge in [0.2, 0.25) is 18.3 Å². The van der Waals surface area contributed by atoms with Gasteiger partial charge in [0.25, 0.3) is 3.79 Å². The lowest BCUT2D eigenvalue weighted by molar-refractivity contribution is -0.283. The minimum absolute atomic E-state index is 0.219. The largest absolute Gasteiger partial charge is 0.456 e. The molecule has 0 spiro atoms. The first-order valence-electron chi connectivity index (χ1n) is 7.42. The van der Waals surface area contributed by atoms with Gasteiger partial charge in [-0.05, 0) is 0 Å². The second-order valence-electron chi connectivity index (χ2n) is 5.36. The standard InChI is InChI=1S/C14H17Cl4NO8/c1-5(20)23-9-8(4-15)26-12(27-13(19)14(16,17)18)11(25-7(3)22)10(9)24-6(2)21/h8-12,19H,4H2,1-3H3/t8-,9-,10+,11-,12?/m1/s1. The maximum atomic E-state index is 11.5. The molecule has 0 aromatic carbocycles. The maximum Gasteiger partial charge on any atom is 0.303 e. The van der Waals surface area contributed by atoms with Crippen molar-refractivity contribution in [2.45, 2.75) is 55.3 Å². The summed E-state index contributed by atoms with van der Waals surface area (Å²) >= 11 is 22.6. The molecule has 0 saturated carbocycles. The highest BCUT2D eigenvalue weighted by Gasteiger charge is 2.53. The second-order valence-corrected chi connectivity index (χ2v) is 7.95. The van der Waals surface area contributed by atoms with E-state index in [2.05, 4.69) is 0 Å². The van der Waals surface area contributed by atoms with E-state index >= 15 is 0 Å². The first-order chi connectivity index (χ1) is 12.4. The lowest BCUT2D eigenvalue weighted by atomic mass is 9.98. The molecular weight excluding hydrogens is 452 g/mol. The zero-order chi connectivity index (χ0) is 20.9. The van der Waals surface area contributed by atoms with E-state index in [0.29, 0.717) is 0 Å². The van der Waals surface area contributed by atoms with E-state index in [1.807, 2.05) is 0 Å². The third-order valence-electron chi connectivity index (χ3n) is 3.14. The van der Waals surface area contributed by atoms with Crippen LogP contribution in [-0.4, -0.2) is 64.2 Å². The molecule has 0 aromatic rings. The number of rotatable bonds is 5. The van der Waals surface area contributed by atoms with Gasteiger partial charge >= 0.3 is 17.9 Å². The molecule has 27 heavy (non-hydrogen) atoms. The van der Waals surface area contributed by atoms with Crippen molar-refractivity contribution in [1.29, 1.82) is 5.41 Å². The van der Waals surface area contributed by atoms with Crippen molar-refractivity contribution >= 4 is 70.2 Å². The zero-order valence-corrected chi connectivity index (χ0v) is 17.4. The summed E-state index contributed by atoms with van der Waals surface area (Å²) in [4.78, 5) is 34.5. The SMILES string of the molecule is CC(=O)O[C@H]1[C@H](OC(C)=O)[C@@H](OC(C)=O)C(OC(=N)C(Cl)(Cl)Cl)O[C@@H]1CCl. The van der Waals surface area contributed by atoms with E-state index in [1.54, 1.807) is 0 Å². The Kier molecular flexibility index (Phi) is 8.88. The highest BCUT2D eigenvalue weighted by Crippen LogP contribution is 2.33. The molecular formula is C14H17Cl4NO8. The fourth-order valence-electron chi connectivity index (χ4n) is 2.26. The van der Waals surface area contributed by atoms with Crippen LogP contribution in [0, 0.1) is 5.41 Å². The molecule has 1 saturated heterocycles. The molecule has 1 heterocycles. The van der Waals surface area contributed by atoms with Crippen molar-refractivity contribution < 1.29 is 38.1 Å². The third kappa shape index (κ3) is 7.15. The molecule has 1 N–H and O–H groups in total. The number of ether oxygens (including phenoxy) is 5. The summed E-state index contributed by atoms with van der Waals surface area (Å²) in [5.41, 5.74) is 0. The third-order valence-corrected chi connectivity index (χ3v) is 3.96. The summed E-state index contributed by atoms with van der Waals surface area (Å²) < 4.78 is 23.9. The monoisotopic (exact) mass is 467 g/mol. The fraction of sp³-hybridized carbons (Fsp3) is 0.714. The van der Waals surface area contributed by atoms with Crippen LogP contribution in [-0.2, 0) is 38.1 Å². The van der Waals surface area contributed by atoms with Crippen molar-refractivity contribution in [1.82, 2.24) is 0 Å². The van der Waals surface area contributed by atoms with Gasteiger partial charge in [0, 0.05) is 20.8 Å². The summed E-state index contributed by atoms with van der Waals surface area (Å²) in [6.45, 7) is 3.30. The Morgan fingerprint density at radius 2 is 1.33 bits per heavy atom. The molecule has 9 nitrogen and oxygen atoms in total. The Morgan fingerprint density at radius 1 is 0.889 bits per heavy atom. The summed E-state index contributed by atoms with van der Waals surface area (Å²) in [5.74, 6) is -3.33. The summed E-state index contributed by atoms with van der Waals surface area (Å²) in [5, 5.41) is 7.68. The van der Waals surface area contributed by atoms with E-state index in [4.69, 9.17) is 75.5 Å². The molecule has 0 aromatic heterocycles. The fourth-order valence-corrected chi connectivity index (χ4v) is 2.64. The van der Waals surface area contributed by atoms with Gasteiger partial charge in [0.15, 0.2) is 12.2 Å². The molecule has 1 aliphatic heterocycles. The topological polar surface area (TPSA) is 121 Å². The van der Waals surface area contributed by atoms with Crippen LogP contribution in [0.3, 0.4) is 0 Å². The van der Waals surface area contributed by atoms with E-state index in [1.165, 1.54) is 0 Å². The smallest absolute Gasteiger partial charge is 0.303 e. The quantitative estimate of drug-likeness (QED) is 0.214. The van der Waals surface area contributed by atoms with Crippen molar-refractivity contribution in [3.05, 3.63) is 0 Å². The number of nitrogens with one attached hydrogen (secondary N) is 1. The molecule has 0 amide bonds. The van der Waals surface area contributed by atoms with Crippen LogP contribution < -0.4 is 0 Å². The van der Waals surface area contributed by atoms with Gasteiger partial charge < -0.3 is 23.7 Å². The maximum absolute atomic E-state index is 11.5. The molecule has 1 rings (SSSR count). The van der Waals surface area contributed by atoms with Crippen LogP contribution in [0.1, 0.15) is 20.8 Å². The first kappa shape index (κ1) is 24.0. The van der Waals surface area contributed by atoms with Crippen LogP contribution in [0.25, 0.3) is 0 Å². The van der Waals surface area contributed by atoms with Crippen LogP contribution in [0.4, 0.5) is 0 Å². The molecule has 0 aliphatic carbocycles. The number of carbonyl (C=O) groups excluding carboxylic acids is 3. The Balaban J connectivity index is 3.28. The minimum atomic E-state index is -2.23. The molecule has 0 bridgehead atoms. The summed E-state index contributed by atoms with van der Waals surface area (Å²) in [7, 11) is 0. The van der Waals surface area contributed by atoms with E-state index in [-0.39, 0.29) is 5.88 Å². The number of alkyl halides is 4. The average Bonchev–Trinajstić information content (AvgIpc) is 2.50. The van der Waals surface area contributed by atoms with Crippen molar-refractivity contribution in [2.75, 3.05) is 5.88 Å². The minimum Gasteiger partial charge on any atom is -0.456 e. The highest BCUT2D eigenvalue weighted by molar-refractivity contribution is 6.76. The molecule has 13 heteroatoms. The predicted octanol–water partition coefficient (Wildman–Crippen LogP) is 2.11. The van der Waals surface area contributed by atoms with Crippen molar-refractivity contribution in [3.63, 3.8) is 0 Å².